The van der Waals surface area contributed by atoms with Gasteiger partial charge >= 0.3 is 0 Å². The minimum Gasteiger partial charge on any atom is -0.444 e. The van der Waals surface area contributed by atoms with E-state index in [9.17, 15) is 14.3 Å². The van der Waals surface area contributed by atoms with Gasteiger partial charge in [0.2, 0.25) is 5.89 Å². The first-order valence-electron chi connectivity index (χ1n) is 7.80. The number of hydrogen-bond acceptors (Lipinski definition) is 4. The van der Waals surface area contributed by atoms with E-state index in [4.69, 9.17) is 4.42 Å². The van der Waals surface area contributed by atoms with Gasteiger partial charge in [0, 0.05) is 5.56 Å². The maximum Gasteiger partial charge on any atom is 0.273 e. The molecule has 2 unspecified atom stereocenters. The second kappa shape index (κ2) is 7.27. The van der Waals surface area contributed by atoms with Crippen LogP contribution in [0.5, 0.6) is 0 Å². The first-order valence-corrected chi connectivity index (χ1v) is 7.80. The van der Waals surface area contributed by atoms with Crippen LogP contribution < -0.4 is 5.32 Å². The largest absolute Gasteiger partial charge is 0.444 e. The number of carbonyl (C=O) groups is 1. The van der Waals surface area contributed by atoms with Crippen molar-refractivity contribution in [3.8, 4) is 11.5 Å². The Balaban J connectivity index is 1.67. The van der Waals surface area contributed by atoms with Crippen LogP contribution in [0.2, 0.25) is 0 Å². The summed E-state index contributed by atoms with van der Waals surface area (Å²) >= 11 is 0. The number of amides is 1. The van der Waals surface area contributed by atoms with E-state index in [1.54, 1.807) is 6.92 Å². The minimum absolute atomic E-state index is 0.122. The minimum atomic E-state index is -0.968. The molecular formula is C19H17FN2O3. The monoisotopic (exact) mass is 340 g/mol. The van der Waals surface area contributed by atoms with Gasteiger partial charge in [0.05, 0.1) is 12.1 Å². The van der Waals surface area contributed by atoms with E-state index in [1.165, 1.54) is 30.5 Å². The average Bonchev–Trinajstić information content (AvgIpc) is 3.13. The molecule has 25 heavy (non-hydrogen) atoms. The lowest BCUT2D eigenvalue weighted by Gasteiger charge is -2.20. The Morgan fingerprint density at radius 2 is 1.84 bits per heavy atom. The van der Waals surface area contributed by atoms with Gasteiger partial charge in [0.1, 0.15) is 12.1 Å². The Bertz CT molecular complexity index is 847. The molecule has 0 saturated heterocycles. The molecule has 0 radical (unpaired) electrons. The number of oxazole rings is 1. The Morgan fingerprint density at radius 3 is 2.52 bits per heavy atom. The second-order valence-electron chi connectivity index (χ2n) is 5.66. The zero-order chi connectivity index (χ0) is 17.8. The average molecular weight is 340 g/mol. The van der Waals surface area contributed by atoms with Crippen LogP contribution in [-0.2, 0) is 0 Å². The number of benzene rings is 2. The summed E-state index contributed by atoms with van der Waals surface area (Å²) in [5.74, 6) is -0.499. The summed E-state index contributed by atoms with van der Waals surface area (Å²) in [6.07, 6.45) is 0.305. The molecule has 2 N–H and O–H groups in total. The highest BCUT2D eigenvalue weighted by atomic mass is 19.1. The fourth-order valence-corrected chi connectivity index (χ4v) is 2.40. The van der Waals surface area contributed by atoms with Crippen LogP contribution in [0, 0.1) is 5.82 Å². The third-order valence-corrected chi connectivity index (χ3v) is 3.80. The maximum atomic E-state index is 13.0. The molecule has 0 aliphatic carbocycles. The summed E-state index contributed by atoms with van der Waals surface area (Å²) in [6, 6.07) is 14.1. The molecule has 3 rings (SSSR count). The van der Waals surface area contributed by atoms with Gasteiger partial charge in [-0.1, -0.05) is 30.3 Å². The summed E-state index contributed by atoms with van der Waals surface area (Å²) < 4.78 is 18.3. The van der Waals surface area contributed by atoms with Crippen LogP contribution in [0.3, 0.4) is 0 Å². The highest BCUT2D eigenvalue weighted by Gasteiger charge is 2.21. The van der Waals surface area contributed by atoms with Crippen molar-refractivity contribution in [3.63, 3.8) is 0 Å². The summed E-state index contributed by atoms with van der Waals surface area (Å²) in [6.45, 7) is 1.66. The van der Waals surface area contributed by atoms with Crippen molar-refractivity contribution in [1.29, 1.82) is 0 Å². The fourth-order valence-electron chi connectivity index (χ4n) is 2.40. The second-order valence-corrected chi connectivity index (χ2v) is 5.66. The number of rotatable bonds is 5. The van der Waals surface area contributed by atoms with E-state index in [0.717, 1.165) is 5.56 Å². The number of aliphatic hydroxyl groups is 1. The first-order chi connectivity index (χ1) is 12.0. The molecule has 0 saturated carbocycles. The zero-order valence-corrected chi connectivity index (χ0v) is 13.5. The van der Waals surface area contributed by atoms with Gasteiger partial charge in [-0.25, -0.2) is 9.37 Å². The molecule has 128 valence electrons. The molecule has 0 spiro atoms. The van der Waals surface area contributed by atoms with E-state index in [2.05, 4.69) is 10.3 Å². The molecule has 0 bridgehead atoms. The van der Waals surface area contributed by atoms with Gasteiger partial charge in [-0.3, -0.25) is 4.79 Å². The molecular weight excluding hydrogens is 323 g/mol. The third kappa shape index (κ3) is 3.92. The predicted molar refractivity (Wildman–Crippen MR) is 90.2 cm³/mol. The zero-order valence-electron chi connectivity index (χ0n) is 13.5. The normalized spacial score (nSPS) is 13.2. The van der Waals surface area contributed by atoms with Crippen LogP contribution in [0.25, 0.3) is 11.5 Å². The van der Waals surface area contributed by atoms with Crippen LogP contribution in [0.15, 0.2) is 65.3 Å². The molecule has 1 amide bonds. The number of nitrogens with one attached hydrogen (secondary N) is 1. The van der Waals surface area contributed by atoms with Gasteiger partial charge in [-0.15, -0.1) is 0 Å². The third-order valence-electron chi connectivity index (χ3n) is 3.80. The molecule has 0 aliphatic rings. The quantitative estimate of drug-likeness (QED) is 0.747. The summed E-state index contributed by atoms with van der Waals surface area (Å²) in [7, 11) is 0. The van der Waals surface area contributed by atoms with Gasteiger partial charge < -0.3 is 14.8 Å². The van der Waals surface area contributed by atoms with Crippen molar-refractivity contribution in [2.24, 2.45) is 0 Å². The van der Waals surface area contributed by atoms with Crippen LogP contribution in [0.4, 0.5) is 4.39 Å². The summed E-state index contributed by atoms with van der Waals surface area (Å²) in [5.41, 5.74) is 1.40. The van der Waals surface area contributed by atoms with E-state index in [0.29, 0.717) is 11.5 Å². The molecule has 0 aliphatic heterocycles. The lowest BCUT2D eigenvalue weighted by atomic mass is 10.0. The van der Waals surface area contributed by atoms with Gasteiger partial charge in [0.25, 0.3) is 5.91 Å². The van der Waals surface area contributed by atoms with Crippen LogP contribution in [0.1, 0.15) is 29.1 Å². The fraction of sp³-hybridized carbons (Fsp3) is 0.158. The van der Waals surface area contributed by atoms with Crippen molar-refractivity contribution in [3.05, 3.63) is 77.9 Å². The van der Waals surface area contributed by atoms with Gasteiger partial charge in [-0.05, 0) is 36.8 Å². The molecule has 6 heteroatoms. The predicted octanol–water partition coefficient (Wildman–Crippen LogP) is 3.33. The first kappa shape index (κ1) is 16.9. The van der Waals surface area contributed by atoms with Crippen molar-refractivity contribution in [2.75, 3.05) is 0 Å². The van der Waals surface area contributed by atoms with Crippen molar-refractivity contribution in [2.45, 2.75) is 19.1 Å². The Morgan fingerprint density at radius 1 is 1.16 bits per heavy atom. The highest BCUT2D eigenvalue weighted by molar-refractivity contribution is 5.92. The molecule has 2 aromatic carbocycles. The standard InChI is InChI=1S/C19H17FN2O3/c1-12(17(23)13-7-9-15(20)10-8-13)21-18(24)16-11-25-19(22-16)14-5-3-2-4-6-14/h2-12,17,23H,1H3,(H,21,24). The smallest absolute Gasteiger partial charge is 0.273 e. The molecule has 3 aromatic rings. The van der Waals surface area contributed by atoms with Crippen molar-refractivity contribution >= 4 is 5.91 Å². The number of carbonyl (C=O) groups excluding carboxylic acids is 1. The van der Waals surface area contributed by atoms with E-state index in [-0.39, 0.29) is 11.5 Å². The van der Waals surface area contributed by atoms with E-state index >= 15 is 0 Å². The van der Waals surface area contributed by atoms with E-state index < -0.39 is 18.1 Å². The van der Waals surface area contributed by atoms with Crippen molar-refractivity contribution in [1.82, 2.24) is 10.3 Å². The number of halogens is 1. The molecule has 2 atom stereocenters. The topological polar surface area (TPSA) is 75.4 Å². The van der Waals surface area contributed by atoms with Crippen LogP contribution >= 0.6 is 0 Å². The summed E-state index contributed by atoms with van der Waals surface area (Å²) in [4.78, 5) is 16.5. The summed E-state index contributed by atoms with van der Waals surface area (Å²) in [5, 5.41) is 12.9. The Labute approximate surface area is 144 Å². The Hall–Kier alpha value is -2.99. The number of aromatic nitrogens is 1. The lowest BCUT2D eigenvalue weighted by Crippen LogP contribution is -2.37. The molecule has 1 heterocycles. The maximum absolute atomic E-state index is 13.0. The number of hydrogen-bond donors (Lipinski definition) is 2. The van der Waals surface area contributed by atoms with Crippen molar-refractivity contribution < 1.29 is 18.7 Å². The lowest BCUT2D eigenvalue weighted by molar-refractivity contribution is 0.0847. The van der Waals surface area contributed by atoms with E-state index in [1.807, 2.05) is 30.3 Å². The molecule has 0 fully saturated rings. The highest BCUT2D eigenvalue weighted by Crippen LogP contribution is 2.20. The number of nitrogens with zero attached hydrogens (tertiary/aromatic N) is 1. The Kier molecular flexibility index (Phi) is 4.90. The van der Waals surface area contributed by atoms with Gasteiger partial charge in [0.15, 0.2) is 5.69 Å². The van der Waals surface area contributed by atoms with Gasteiger partial charge in [-0.2, -0.15) is 0 Å². The number of aliphatic hydroxyl groups excluding tert-OH is 1. The molecule has 1 aromatic heterocycles. The molecule has 5 nitrogen and oxygen atoms in total. The SMILES string of the molecule is CC(NC(=O)c1coc(-c2ccccc2)n1)C(O)c1ccc(F)cc1. The van der Waals surface area contributed by atoms with Crippen LogP contribution in [-0.4, -0.2) is 22.0 Å².